The second kappa shape index (κ2) is 11.3. The van der Waals surface area contributed by atoms with Gasteiger partial charge in [-0.05, 0) is 36.2 Å². The molecule has 1 amide bonds. The van der Waals surface area contributed by atoms with Crippen molar-refractivity contribution in [3.8, 4) is 5.75 Å². The van der Waals surface area contributed by atoms with E-state index in [1.807, 2.05) is 43.3 Å². The third-order valence-corrected chi connectivity index (χ3v) is 6.38. The molecule has 0 atom stereocenters. The number of benzene rings is 2. The predicted octanol–water partition coefficient (Wildman–Crippen LogP) is 5.64. The van der Waals surface area contributed by atoms with Crippen molar-refractivity contribution in [2.24, 2.45) is 0 Å². The van der Waals surface area contributed by atoms with Crippen molar-refractivity contribution in [2.75, 3.05) is 24.4 Å². The second-order valence-electron chi connectivity index (χ2n) is 7.63. The summed E-state index contributed by atoms with van der Waals surface area (Å²) in [6.07, 6.45) is 3.01. The molecule has 0 saturated heterocycles. The van der Waals surface area contributed by atoms with Gasteiger partial charge in [-0.1, -0.05) is 47.2 Å². The highest BCUT2D eigenvalue weighted by Crippen LogP contribution is 2.33. The van der Waals surface area contributed by atoms with Gasteiger partial charge in [0.2, 0.25) is 0 Å². The molecule has 2 heterocycles. The first-order chi connectivity index (χ1) is 17.0. The molecule has 0 spiro atoms. The van der Waals surface area contributed by atoms with Crippen LogP contribution < -0.4 is 15.0 Å². The maximum Gasteiger partial charge on any atom is 0.270 e. The van der Waals surface area contributed by atoms with Gasteiger partial charge in [-0.15, -0.1) is 0 Å². The first kappa shape index (κ1) is 24.6. The van der Waals surface area contributed by atoms with Crippen LogP contribution in [0.4, 0.5) is 16.6 Å². The van der Waals surface area contributed by atoms with Crippen molar-refractivity contribution in [1.29, 1.82) is 0 Å². The Morgan fingerprint density at radius 1 is 1.11 bits per heavy atom. The first-order valence-electron chi connectivity index (χ1n) is 10.7. The number of para-hydroxylation sites is 1. The Balaban J connectivity index is 1.62. The number of amides is 1. The number of rotatable bonds is 9. The number of nitrogens with one attached hydrogen (secondary N) is 1. The number of methoxy groups -OCH3 is 2. The van der Waals surface area contributed by atoms with E-state index in [0.29, 0.717) is 39.7 Å². The van der Waals surface area contributed by atoms with Crippen molar-refractivity contribution in [1.82, 2.24) is 15.0 Å². The van der Waals surface area contributed by atoms with Crippen LogP contribution in [0.2, 0.25) is 5.02 Å². The number of hydrogen-bond acceptors (Lipinski definition) is 8. The SMILES string of the molecule is COCc1cc(Nc2ncc(C(=O)N(Cc3ccc(OC)cc3)c3c(C)cccc3Cl)s2)ncn1. The Morgan fingerprint density at radius 3 is 2.63 bits per heavy atom. The van der Waals surface area contributed by atoms with Gasteiger partial charge in [0.15, 0.2) is 5.13 Å². The number of hydrogen-bond donors (Lipinski definition) is 1. The van der Waals surface area contributed by atoms with Crippen LogP contribution in [0.3, 0.4) is 0 Å². The number of ether oxygens (including phenoxy) is 2. The molecule has 0 saturated carbocycles. The van der Waals surface area contributed by atoms with E-state index >= 15 is 0 Å². The van der Waals surface area contributed by atoms with Crippen molar-refractivity contribution < 1.29 is 14.3 Å². The van der Waals surface area contributed by atoms with Gasteiger partial charge < -0.3 is 19.7 Å². The molecule has 180 valence electrons. The smallest absolute Gasteiger partial charge is 0.270 e. The molecule has 10 heteroatoms. The summed E-state index contributed by atoms with van der Waals surface area (Å²) in [5.41, 5.74) is 3.23. The number of nitrogens with zero attached hydrogens (tertiary/aromatic N) is 4. The van der Waals surface area contributed by atoms with Gasteiger partial charge in [-0.3, -0.25) is 4.79 Å². The lowest BCUT2D eigenvalue weighted by molar-refractivity contribution is 0.0988. The molecule has 35 heavy (non-hydrogen) atoms. The highest BCUT2D eigenvalue weighted by molar-refractivity contribution is 7.17. The minimum Gasteiger partial charge on any atom is -0.497 e. The quantitative estimate of drug-likeness (QED) is 0.312. The van der Waals surface area contributed by atoms with Gasteiger partial charge in [0.25, 0.3) is 5.91 Å². The third-order valence-electron chi connectivity index (χ3n) is 5.17. The first-order valence-corrected chi connectivity index (χ1v) is 11.9. The Labute approximate surface area is 212 Å². The summed E-state index contributed by atoms with van der Waals surface area (Å²) in [5.74, 6) is 1.11. The Hall–Kier alpha value is -3.53. The molecular weight excluding hydrogens is 486 g/mol. The lowest BCUT2D eigenvalue weighted by Crippen LogP contribution is -2.30. The second-order valence-corrected chi connectivity index (χ2v) is 9.06. The zero-order chi connectivity index (χ0) is 24.8. The zero-order valence-electron chi connectivity index (χ0n) is 19.5. The van der Waals surface area contributed by atoms with Gasteiger partial charge in [-0.25, -0.2) is 15.0 Å². The van der Waals surface area contributed by atoms with E-state index in [-0.39, 0.29) is 5.91 Å². The molecule has 4 rings (SSSR count). The van der Waals surface area contributed by atoms with E-state index in [0.717, 1.165) is 22.6 Å². The van der Waals surface area contributed by atoms with Crippen molar-refractivity contribution in [3.05, 3.63) is 87.8 Å². The van der Waals surface area contributed by atoms with Gasteiger partial charge in [-0.2, -0.15) is 0 Å². The minimum absolute atomic E-state index is 0.203. The fraction of sp³-hybridized carbons (Fsp3) is 0.200. The van der Waals surface area contributed by atoms with Crippen molar-refractivity contribution in [2.45, 2.75) is 20.1 Å². The van der Waals surface area contributed by atoms with Crippen LogP contribution in [-0.2, 0) is 17.9 Å². The fourth-order valence-corrected chi connectivity index (χ4v) is 4.59. The van der Waals surface area contributed by atoms with Gasteiger partial charge in [0.05, 0.1) is 42.9 Å². The number of carbonyl (C=O) groups is 1. The average molecular weight is 510 g/mol. The molecule has 0 aliphatic carbocycles. The van der Waals surface area contributed by atoms with Crippen LogP contribution in [0.15, 0.2) is 61.1 Å². The minimum atomic E-state index is -0.203. The van der Waals surface area contributed by atoms with Crippen LogP contribution in [0.1, 0.15) is 26.5 Å². The van der Waals surface area contributed by atoms with Gasteiger partial charge >= 0.3 is 0 Å². The van der Waals surface area contributed by atoms with Crippen LogP contribution in [-0.4, -0.2) is 35.1 Å². The highest BCUT2D eigenvalue weighted by Gasteiger charge is 2.24. The molecule has 0 unspecified atom stereocenters. The van der Waals surface area contributed by atoms with Crippen LogP contribution in [0.5, 0.6) is 5.75 Å². The maximum absolute atomic E-state index is 13.7. The number of halogens is 1. The monoisotopic (exact) mass is 509 g/mol. The van der Waals surface area contributed by atoms with Crippen molar-refractivity contribution in [3.63, 3.8) is 0 Å². The number of aryl methyl sites for hydroxylation is 1. The summed E-state index contributed by atoms with van der Waals surface area (Å²) >= 11 is 7.80. The van der Waals surface area contributed by atoms with Gasteiger partial charge in [0.1, 0.15) is 22.8 Å². The number of carbonyl (C=O) groups excluding carboxylic acids is 1. The summed E-state index contributed by atoms with van der Waals surface area (Å²) < 4.78 is 10.4. The Kier molecular flexibility index (Phi) is 7.91. The van der Waals surface area contributed by atoms with Crippen LogP contribution in [0.25, 0.3) is 0 Å². The topological polar surface area (TPSA) is 89.5 Å². The van der Waals surface area contributed by atoms with Crippen LogP contribution in [0, 0.1) is 6.92 Å². The molecular formula is C25H24ClN5O3S. The molecule has 8 nitrogen and oxygen atoms in total. The normalized spacial score (nSPS) is 10.7. The molecule has 4 aromatic rings. The van der Waals surface area contributed by atoms with E-state index in [1.165, 1.54) is 17.7 Å². The molecule has 0 fully saturated rings. The van der Waals surface area contributed by atoms with E-state index in [2.05, 4.69) is 20.3 Å². The average Bonchev–Trinajstić information content (AvgIpc) is 3.32. The predicted molar refractivity (Wildman–Crippen MR) is 138 cm³/mol. The summed E-state index contributed by atoms with van der Waals surface area (Å²) in [7, 11) is 3.22. The standard InChI is InChI=1S/C25H24ClN5O3S/c1-16-5-4-6-20(26)23(16)31(13-17-7-9-19(34-3)10-8-17)24(32)21-12-27-25(35-21)30-22-11-18(14-33-2)28-15-29-22/h4-12,15H,13-14H2,1-3H3,(H,27,28,29,30). The zero-order valence-corrected chi connectivity index (χ0v) is 21.1. The molecule has 0 bridgehead atoms. The molecule has 2 aromatic heterocycles. The van der Waals surface area contributed by atoms with Crippen molar-refractivity contribution >= 4 is 45.5 Å². The molecule has 0 aliphatic rings. The molecule has 0 aliphatic heterocycles. The summed E-state index contributed by atoms with van der Waals surface area (Å²) in [6.45, 7) is 2.64. The summed E-state index contributed by atoms with van der Waals surface area (Å²) in [6, 6.07) is 14.9. The third kappa shape index (κ3) is 5.94. The largest absolute Gasteiger partial charge is 0.497 e. The number of anilines is 3. The van der Waals surface area contributed by atoms with E-state index in [9.17, 15) is 4.79 Å². The maximum atomic E-state index is 13.7. The Morgan fingerprint density at radius 2 is 1.91 bits per heavy atom. The lowest BCUT2D eigenvalue weighted by Gasteiger charge is -2.25. The molecule has 1 N–H and O–H groups in total. The Bertz CT molecular complexity index is 1290. The summed E-state index contributed by atoms with van der Waals surface area (Å²) in [4.78, 5) is 28.6. The number of aromatic nitrogens is 3. The lowest BCUT2D eigenvalue weighted by atomic mass is 10.1. The number of thiazole rings is 1. The highest BCUT2D eigenvalue weighted by atomic mass is 35.5. The molecule has 2 aromatic carbocycles. The van der Waals surface area contributed by atoms with E-state index in [4.69, 9.17) is 21.1 Å². The van der Waals surface area contributed by atoms with E-state index < -0.39 is 0 Å². The summed E-state index contributed by atoms with van der Waals surface area (Å²) in [5, 5.41) is 4.17. The van der Waals surface area contributed by atoms with Gasteiger partial charge in [0, 0.05) is 13.2 Å². The molecule has 0 radical (unpaired) electrons. The van der Waals surface area contributed by atoms with E-state index in [1.54, 1.807) is 37.4 Å². The fourth-order valence-electron chi connectivity index (χ4n) is 3.50. The van der Waals surface area contributed by atoms with Crippen LogP contribution >= 0.6 is 22.9 Å².